The normalized spacial score (nSPS) is 11.5. The number of amides is 2. The van der Waals surface area contributed by atoms with E-state index in [9.17, 15) is 27.2 Å². The Morgan fingerprint density at radius 1 is 0.844 bits per heavy atom. The van der Waals surface area contributed by atoms with Crippen LogP contribution >= 0.6 is 0 Å². The molecule has 0 heterocycles. The SMILES string of the molecule is O=C(CNc1ccc(F)cc1)NC(C(=O)NO)c1ccc(-c2cc(F)c(F)c(F)c2)cc1. The molecule has 0 aromatic heterocycles. The van der Waals surface area contributed by atoms with Gasteiger partial charge in [-0.1, -0.05) is 24.3 Å². The highest BCUT2D eigenvalue weighted by atomic mass is 19.2. The van der Waals surface area contributed by atoms with Crippen LogP contribution in [0, 0.1) is 23.3 Å². The summed E-state index contributed by atoms with van der Waals surface area (Å²) in [6.07, 6.45) is 0. The maximum absolute atomic E-state index is 13.5. The molecule has 2 amide bonds. The predicted molar refractivity (Wildman–Crippen MR) is 107 cm³/mol. The summed E-state index contributed by atoms with van der Waals surface area (Å²) in [6.45, 7) is -0.243. The lowest BCUT2D eigenvalue weighted by Gasteiger charge is -2.18. The van der Waals surface area contributed by atoms with Crippen LogP contribution in [-0.4, -0.2) is 23.6 Å². The Bertz CT molecular complexity index is 1100. The first-order valence-electron chi connectivity index (χ1n) is 9.26. The second kappa shape index (κ2) is 9.92. The molecule has 0 fully saturated rings. The average molecular weight is 447 g/mol. The highest BCUT2D eigenvalue weighted by Gasteiger charge is 2.22. The molecule has 6 nitrogen and oxygen atoms in total. The predicted octanol–water partition coefficient (Wildman–Crippen LogP) is 3.68. The summed E-state index contributed by atoms with van der Waals surface area (Å²) in [5, 5.41) is 14.2. The molecule has 1 atom stereocenters. The van der Waals surface area contributed by atoms with Crippen LogP contribution in [0.5, 0.6) is 0 Å². The van der Waals surface area contributed by atoms with Crippen molar-refractivity contribution >= 4 is 17.5 Å². The van der Waals surface area contributed by atoms with E-state index in [2.05, 4.69) is 10.6 Å². The van der Waals surface area contributed by atoms with Gasteiger partial charge in [0.15, 0.2) is 17.5 Å². The fourth-order valence-electron chi connectivity index (χ4n) is 2.92. The summed E-state index contributed by atoms with van der Waals surface area (Å²) in [5.41, 5.74) is 2.61. The van der Waals surface area contributed by atoms with Crippen LogP contribution in [0.3, 0.4) is 0 Å². The molecule has 0 aliphatic rings. The Morgan fingerprint density at radius 3 is 2.00 bits per heavy atom. The minimum absolute atomic E-state index is 0.0728. The number of carbonyl (C=O) groups is 2. The molecule has 0 aliphatic heterocycles. The summed E-state index contributed by atoms with van der Waals surface area (Å²) in [4.78, 5) is 24.3. The van der Waals surface area contributed by atoms with E-state index in [1.54, 1.807) is 0 Å². The van der Waals surface area contributed by atoms with Crippen molar-refractivity contribution in [1.82, 2.24) is 10.8 Å². The van der Waals surface area contributed by atoms with Gasteiger partial charge >= 0.3 is 0 Å². The first kappa shape index (κ1) is 22.8. The highest BCUT2D eigenvalue weighted by molar-refractivity contribution is 5.89. The molecular formula is C22H17F4N3O3. The quantitative estimate of drug-likeness (QED) is 0.193. The molecule has 3 aromatic carbocycles. The van der Waals surface area contributed by atoms with Gasteiger partial charge in [-0.05, 0) is 53.1 Å². The van der Waals surface area contributed by atoms with Crippen LogP contribution in [0.15, 0.2) is 60.7 Å². The summed E-state index contributed by atoms with van der Waals surface area (Å²) in [7, 11) is 0. The van der Waals surface area contributed by atoms with Gasteiger partial charge in [0.05, 0.1) is 6.54 Å². The topological polar surface area (TPSA) is 90.5 Å². The summed E-state index contributed by atoms with van der Waals surface area (Å²) >= 11 is 0. The zero-order chi connectivity index (χ0) is 23.3. The molecule has 32 heavy (non-hydrogen) atoms. The smallest absolute Gasteiger partial charge is 0.270 e. The second-order valence-electron chi connectivity index (χ2n) is 6.71. The molecule has 0 radical (unpaired) electrons. The number of hydrogen-bond donors (Lipinski definition) is 4. The number of hydroxylamine groups is 1. The molecule has 0 aliphatic carbocycles. The number of benzene rings is 3. The molecule has 0 spiro atoms. The van der Waals surface area contributed by atoms with E-state index < -0.39 is 41.1 Å². The van der Waals surface area contributed by atoms with Crippen LogP contribution in [0.2, 0.25) is 0 Å². The lowest BCUT2D eigenvalue weighted by Crippen LogP contribution is -2.41. The molecule has 3 rings (SSSR count). The number of carbonyl (C=O) groups excluding carboxylic acids is 2. The Balaban J connectivity index is 1.73. The first-order chi connectivity index (χ1) is 15.3. The number of nitrogens with one attached hydrogen (secondary N) is 3. The number of halogens is 4. The monoisotopic (exact) mass is 447 g/mol. The number of rotatable bonds is 7. The van der Waals surface area contributed by atoms with E-state index in [0.29, 0.717) is 11.3 Å². The molecular weight excluding hydrogens is 430 g/mol. The van der Waals surface area contributed by atoms with Crippen LogP contribution in [0.4, 0.5) is 23.2 Å². The fraction of sp³-hybridized carbons (Fsp3) is 0.0909. The summed E-state index contributed by atoms with van der Waals surface area (Å²) < 4.78 is 53.0. The zero-order valence-corrected chi connectivity index (χ0v) is 16.3. The largest absolute Gasteiger partial charge is 0.376 e. The first-order valence-corrected chi connectivity index (χ1v) is 9.26. The zero-order valence-electron chi connectivity index (χ0n) is 16.3. The Hall–Kier alpha value is -3.92. The summed E-state index contributed by atoms with van der Waals surface area (Å²) in [6, 6.07) is 11.3. The van der Waals surface area contributed by atoms with Gasteiger partial charge in [0.25, 0.3) is 5.91 Å². The van der Waals surface area contributed by atoms with Crippen LogP contribution in [-0.2, 0) is 9.59 Å². The van der Waals surface area contributed by atoms with Crippen LogP contribution < -0.4 is 16.1 Å². The van der Waals surface area contributed by atoms with Gasteiger partial charge in [-0.2, -0.15) is 0 Å². The minimum Gasteiger partial charge on any atom is -0.376 e. The van der Waals surface area contributed by atoms with Gasteiger partial charge in [-0.3, -0.25) is 14.8 Å². The molecule has 0 saturated heterocycles. The average Bonchev–Trinajstić information content (AvgIpc) is 2.80. The highest BCUT2D eigenvalue weighted by Crippen LogP contribution is 2.25. The molecule has 1 unspecified atom stereocenters. The van der Waals surface area contributed by atoms with Crippen molar-refractivity contribution in [3.63, 3.8) is 0 Å². The van der Waals surface area contributed by atoms with Gasteiger partial charge in [-0.15, -0.1) is 0 Å². The molecule has 4 N–H and O–H groups in total. The van der Waals surface area contributed by atoms with E-state index in [1.165, 1.54) is 54.0 Å². The second-order valence-corrected chi connectivity index (χ2v) is 6.71. The lowest BCUT2D eigenvalue weighted by atomic mass is 10.00. The van der Waals surface area contributed by atoms with Gasteiger partial charge in [0, 0.05) is 5.69 Å². The maximum atomic E-state index is 13.5. The third kappa shape index (κ3) is 5.41. The molecule has 0 bridgehead atoms. The van der Waals surface area contributed by atoms with E-state index >= 15 is 0 Å². The van der Waals surface area contributed by atoms with Crippen molar-refractivity contribution in [2.24, 2.45) is 0 Å². The number of anilines is 1. The van der Waals surface area contributed by atoms with Crippen molar-refractivity contribution in [3.8, 4) is 11.1 Å². The van der Waals surface area contributed by atoms with E-state index in [4.69, 9.17) is 5.21 Å². The Kier molecular flexibility index (Phi) is 7.06. The molecule has 0 saturated carbocycles. The standard InChI is InChI=1S/C22H17F4N3O3/c23-15-5-7-16(8-6-15)27-11-19(30)28-21(22(31)29-32)13-3-1-12(2-4-13)14-9-17(24)20(26)18(25)10-14/h1-10,21,27,32H,11H2,(H,28,30)(H,29,31). The third-order valence-corrected chi connectivity index (χ3v) is 4.54. The maximum Gasteiger partial charge on any atom is 0.270 e. The third-order valence-electron chi connectivity index (χ3n) is 4.54. The van der Waals surface area contributed by atoms with Gasteiger partial charge in [-0.25, -0.2) is 23.0 Å². The van der Waals surface area contributed by atoms with Crippen molar-refractivity contribution in [3.05, 3.63) is 89.5 Å². The van der Waals surface area contributed by atoms with Crippen molar-refractivity contribution in [2.75, 3.05) is 11.9 Å². The fourth-order valence-corrected chi connectivity index (χ4v) is 2.92. The van der Waals surface area contributed by atoms with Crippen molar-refractivity contribution in [2.45, 2.75) is 6.04 Å². The molecule has 3 aromatic rings. The van der Waals surface area contributed by atoms with Crippen molar-refractivity contribution in [1.29, 1.82) is 0 Å². The summed E-state index contributed by atoms with van der Waals surface area (Å²) in [5.74, 6) is -6.23. The molecule has 10 heteroatoms. The van der Waals surface area contributed by atoms with Gasteiger partial charge in [0.1, 0.15) is 11.9 Å². The van der Waals surface area contributed by atoms with Gasteiger partial charge < -0.3 is 10.6 Å². The van der Waals surface area contributed by atoms with Crippen LogP contribution in [0.1, 0.15) is 11.6 Å². The Labute approximate surface area is 179 Å². The van der Waals surface area contributed by atoms with Crippen LogP contribution in [0.25, 0.3) is 11.1 Å². The van der Waals surface area contributed by atoms with Crippen molar-refractivity contribution < 1.29 is 32.4 Å². The van der Waals surface area contributed by atoms with Gasteiger partial charge in [0.2, 0.25) is 5.91 Å². The van der Waals surface area contributed by atoms with E-state index in [1.807, 2.05) is 0 Å². The lowest BCUT2D eigenvalue weighted by molar-refractivity contribution is -0.134. The van der Waals surface area contributed by atoms with E-state index in [-0.39, 0.29) is 17.7 Å². The van der Waals surface area contributed by atoms with E-state index in [0.717, 1.165) is 12.1 Å². The minimum atomic E-state index is -1.58. The molecule has 166 valence electrons. The Morgan fingerprint density at radius 2 is 1.44 bits per heavy atom. The number of hydrogen-bond acceptors (Lipinski definition) is 4.